The Morgan fingerprint density at radius 3 is 2.44 bits per heavy atom. The van der Waals surface area contributed by atoms with Crippen LogP contribution in [-0.2, 0) is 4.79 Å². The third kappa shape index (κ3) is 3.67. The number of rotatable bonds is 7. The number of methoxy groups -OCH3 is 1. The number of carboxylic acid groups (broad SMARTS) is 1. The number of aliphatic carboxylic acids is 1. The Morgan fingerprint density at radius 2 is 1.71 bits per heavy atom. The first-order valence-corrected chi connectivity index (χ1v) is 11.3. The maximum absolute atomic E-state index is 12.8. The Balaban J connectivity index is 1.68. The normalized spacial score (nSPS) is 20.1. The lowest BCUT2D eigenvalue weighted by atomic mass is 9.79. The summed E-state index contributed by atoms with van der Waals surface area (Å²) in [4.78, 5) is 12.8. The van der Waals surface area contributed by atoms with Crippen LogP contribution in [0.25, 0.3) is 0 Å². The maximum Gasteiger partial charge on any atom is 0.308 e. The summed E-state index contributed by atoms with van der Waals surface area (Å²) in [7, 11) is 1.52. The minimum absolute atomic E-state index is 0.00670. The molecule has 3 aromatic carbocycles. The molecule has 3 aromatic rings. The van der Waals surface area contributed by atoms with Gasteiger partial charge in [0.1, 0.15) is 17.2 Å². The van der Waals surface area contributed by atoms with Crippen molar-refractivity contribution in [3.63, 3.8) is 0 Å². The highest BCUT2D eigenvalue weighted by Crippen LogP contribution is 2.55. The van der Waals surface area contributed by atoms with Crippen molar-refractivity contribution in [3.8, 4) is 28.7 Å². The van der Waals surface area contributed by atoms with Crippen molar-refractivity contribution >= 4 is 5.97 Å². The number of phenols is 1. The first-order chi connectivity index (χ1) is 16.5. The van der Waals surface area contributed by atoms with Gasteiger partial charge in [-0.1, -0.05) is 25.1 Å². The number of ether oxygens (including phenoxy) is 4. The maximum atomic E-state index is 12.8. The molecule has 0 spiro atoms. The van der Waals surface area contributed by atoms with Crippen LogP contribution in [0.3, 0.4) is 0 Å². The van der Waals surface area contributed by atoms with Crippen LogP contribution in [0.15, 0.2) is 54.6 Å². The number of benzene rings is 3. The van der Waals surface area contributed by atoms with E-state index in [0.717, 1.165) is 23.1 Å². The Labute approximate surface area is 197 Å². The van der Waals surface area contributed by atoms with E-state index in [1.165, 1.54) is 13.2 Å². The van der Waals surface area contributed by atoms with Crippen LogP contribution in [0.2, 0.25) is 0 Å². The fourth-order valence-corrected chi connectivity index (χ4v) is 5.05. The molecule has 0 unspecified atom stereocenters. The van der Waals surface area contributed by atoms with Gasteiger partial charge in [0, 0.05) is 23.5 Å². The molecule has 34 heavy (non-hydrogen) atoms. The molecule has 0 bridgehead atoms. The van der Waals surface area contributed by atoms with Crippen LogP contribution in [0.5, 0.6) is 28.7 Å². The number of phenolic OH excluding ortho intramolecular Hbond substituents is 1. The van der Waals surface area contributed by atoms with E-state index in [1.54, 1.807) is 12.1 Å². The predicted molar refractivity (Wildman–Crippen MR) is 124 cm³/mol. The molecule has 0 saturated carbocycles. The Kier molecular flexibility index (Phi) is 5.69. The monoisotopic (exact) mass is 462 g/mol. The Morgan fingerprint density at radius 1 is 0.941 bits per heavy atom. The molecule has 2 aliphatic rings. The van der Waals surface area contributed by atoms with Crippen molar-refractivity contribution in [1.82, 2.24) is 0 Å². The first kappa shape index (κ1) is 21.9. The van der Waals surface area contributed by atoms with Crippen LogP contribution in [0, 0.1) is 5.92 Å². The molecule has 1 aliphatic heterocycles. The van der Waals surface area contributed by atoms with Crippen molar-refractivity contribution in [1.29, 1.82) is 0 Å². The minimum atomic E-state index is -0.949. The van der Waals surface area contributed by atoms with E-state index in [1.807, 2.05) is 43.3 Å². The third-order valence-corrected chi connectivity index (χ3v) is 6.53. The van der Waals surface area contributed by atoms with E-state index in [2.05, 4.69) is 0 Å². The van der Waals surface area contributed by atoms with Crippen molar-refractivity contribution in [2.45, 2.75) is 25.2 Å². The molecule has 0 aromatic heterocycles. The summed E-state index contributed by atoms with van der Waals surface area (Å²) in [5, 5.41) is 21.3. The van der Waals surface area contributed by atoms with Crippen LogP contribution in [0.4, 0.5) is 0 Å². The molecule has 3 atom stereocenters. The summed E-state index contributed by atoms with van der Waals surface area (Å²) in [5.74, 6) is -0.428. The number of carbonyl (C=O) groups is 1. The van der Waals surface area contributed by atoms with E-state index < -0.39 is 23.7 Å². The summed E-state index contributed by atoms with van der Waals surface area (Å²) in [6.07, 6.45) is 0.858. The molecule has 5 rings (SSSR count). The first-order valence-electron chi connectivity index (χ1n) is 11.3. The van der Waals surface area contributed by atoms with Gasteiger partial charge in [-0.05, 0) is 53.4 Å². The lowest BCUT2D eigenvalue weighted by Gasteiger charge is -2.23. The van der Waals surface area contributed by atoms with E-state index in [4.69, 9.17) is 18.9 Å². The van der Waals surface area contributed by atoms with Crippen LogP contribution in [-0.4, -0.2) is 36.7 Å². The average Bonchev–Trinajstić information content (AvgIpc) is 3.44. The zero-order valence-corrected chi connectivity index (χ0v) is 19.0. The van der Waals surface area contributed by atoms with Gasteiger partial charge in [0.05, 0.1) is 19.6 Å². The fourth-order valence-electron chi connectivity index (χ4n) is 5.05. The van der Waals surface area contributed by atoms with Gasteiger partial charge in [-0.2, -0.15) is 0 Å². The second-order valence-electron chi connectivity index (χ2n) is 8.50. The number of carboxylic acids is 1. The number of hydrogen-bond acceptors (Lipinski definition) is 6. The molecule has 0 amide bonds. The topological polar surface area (TPSA) is 94.5 Å². The zero-order chi connectivity index (χ0) is 23.8. The Bertz CT molecular complexity index is 1240. The van der Waals surface area contributed by atoms with Crippen LogP contribution < -0.4 is 18.9 Å². The van der Waals surface area contributed by atoms with Crippen LogP contribution in [0.1, 0.15) is 47.4 Å². The second-order valence-corrected chi connectivity index (χ2v) is 8.50. The molecule has 176 valence electrons. The number of aromatic hydroxyl groups is 1. The molecular weight excluding hydrogens is 436 g/mol. The van der Waals surface area contributed by atoms with Gasteiger partial charge < -0.3 is 29.2 Å². The number of fused-ring (bicyclic) bond motifs is 2. The quantitative estimate of drug-likeness (QED) is 0.516. The molecule has 0 fully saturated rings. The molecule has 7 nitrogen and oxygen atoms in total. The van der Waals surface area contributed by atoms with Gasteiger partial charge in [-0.15, -0.1) is 0 Å². The molecular formula is C27H26O7. The summed E-state index contributed by atoms with van der Waals surface area (Å²) >= 11 is 0. The molecule has 1 aliphatic carbocycles. The van der Waals surface area contributed by atoms with Gasteiger partial charge >= 0.3 is 5.97 Å². The van der Waals surface area contributed by atoms with Crippen molar-refractivity contribution in [3.05, 3.63) is 76.9 Å². The van der Waals surface area contributed by atoms with Gasteiger partial charge in [0.2, 0.25) is 6.79 Å². The van der Waals surface area contributed by atoms with Crippen molar-refractivity contribution in [2.75, 3.05) is 20.5 Å². The van der Waals surface area contributed by atoms with Crippen molar-refractivity contribution in [2.24, 2.45) is 5.92 Å². The summed E-state index contributed by atoms with van der Waals surface area (Å²) in [6.45, 7) is 2.73. The number of hydrogen-bond donors (Lipinski definition) is 2. The molecule has 0 radical (unpaired) electrons. The van der Waals surface area contributed by atoms with Crippen LogP contribution >= 0.6 is 0 Å². The smallest absolute Gasteiger partial charge is 0.308 e. The average molecular weight is 462 g/mol. The lowest BCUT2D eigenvalue weighted by molar-refractivity contribution is -0.142. The zero-order valence-electron chi connectivity index (χ0n) is 19.0. The van der Waals surface area contributed by atoms with Gasteiger partial charge in [0.15, 0.2) is 11.5 Å². The summed E-state index contributed by atoms with van der Waals surface area (Å²) in [5.41, 5.74) is 3.06. The minimum Gasteiger partial charge on any atom is -0.508 e. The highest BCUT2D eigenvalue weighted by atomic mass is 16.7. The molecule has 7 heteroatoms. The molecule has 0 saturated heterocycles. The van der Waals surface area contributed by atoms with Gasteiger partial charge in [0.25, 0.3) is 0 Å². The highest BCUT2D eigenvalue weighted by molar-refractivity contribution is 5.78. The molecule has 1 heterocycles. The summed E-state index contributed by atoms with van der Waals surface area (Å²) < 4.78 is 22.1. The van der Waals surface area contributed by atoms with E-state index >= 15 is 0 Å². The predicted octanol–water partition coefficient (Wildman–Crippen LogP) is 4.90. The van der Waals surface area contributed by atoms with E-state index in [-0.39, 0.29) is 12.5 Å². The van der Waals surface area contributed by atoms with Crippen molar-refractivity contribution < 1.29 is 34.0 Å². The van der Waals surface area contributed by atoms with Gasteiger partial charge in [-0.25, -0.2) is 0 Å². The SMILES string of the molecule is CCCOc1ccc2c(c1)[C@@H](c1ccc(OC)cc1O)[C@H](C(=O)O)[C@H]2c1ccc2c(c1)OCO2. The van der Waals surface area contributed by atoms with E-state index in [9.17, 15) is 15.0 Å². The molecule has 2 N–H and O–H groups in total. The largest absolute Gasteiger partial charge is 0.508 e. The third-order valence-electron chi connectivity index (χ3n) is 6.53. The fraction of sp³-hybridized carbons (Fsp3) is 0.296. The highest BCUT2D eigenvalue weighted by Gasteiger charge is 2.47. The lowest BCUT2D eigenvalue weighted by Crippen LogP contribution is -2.24. The van der Waals surface area contributed by atoms with Gasteiger partial charge in [-0.3, -0.25) is 4.79 Å². The Hall–Kier alpha value is -3.87. The summed E-state index contributed by atoms with van der Waals surface area (Å²) in [6, 6.07) is 16.3. The standard InChI is InChI=1S/C27H26O7/c1-3-10-32-17-6-7-18-20(12-17)25(19-8-5-16(31-2)13-21(19)28)26(27(29)30)24(18)15-4-9-22-23(11-15)34-14-33-22/h4-9,11-13,24-26,28H,3,10,14H2,1-2H3,(H,29,30)/t24-,25+,26+/m0/s1. The van der Waals surface area contributed by atoms with E-state index in [0.29, 0.717) is 35.2 Å². The second kappa shape index (κ2) is 8.82.